The molecule has 0 fully saturated rings. The van der Waals surface area contributed by atoms with Crippen molar-refractivity contribution < 1.29 is 4.79 Å². The molecule has 5 rings (SSSR count). The first-order chi connectivity index (χ1) is 18.1. The van der Waals surface area contributed by atoms with Crippen molar-refractivity contribution in [1.82, 2.24) is 19.9 Å². The molecule has 8 heteroatoms. The highest BCUT2D eigenvalue weighted by Crippen LogP contribution is 2.32. The number of imidazole rings is 1. The number of benzene rings is 2. The van der Waals surface area contributed by atoms with E-state index in [9.17, 15) is 4.79 Å². The van der Waals surface area contributed by atoms with Gasteiger partial charge in [0.1, 0.15) is 0 Å². The number of aryl methyl sites for hydroxylation is 1. The Labute approximate surface area is 222 Å². The molecule has 3 aromatic heterocycles. The molecule has 2 aromatic carbocycles. The maximum Gasteiger partial charge on any atom is 0.211 e. The minimum absolute atomic E-state index is 0.679. The molecule has 0 unspecified atom stereocenters. The van der Waals surface area contributed by atoms with E-state index in [1.54, 1.807) is 23.9 Å². The summed E-state index contributed by atoms with van der Waals surface area (Å²) >= 11 is 1.60. The van der Waals surface area contributed by atoms with E-state index < -0.39 is 0 Å². The average molecular weight is 515 g/mol. The van der Waals surface area contributed by atoms with Gasteiger partial charge in [-0.1, -0.05) is 61.9 Å². The number of nitrogens with zero attached hydrogens (tertiary/aromatic N) is 2. The zero-order valence-corrected chi connectivity index (χ0v) is 22.5. The Bertz CT molecular complexity index is 1400. The minimum atomic E-state index is 0.679. The monoisotopic (exact) mass is 514 g/mol. The lowest BCUT2D eigenvalue weighted by molar-refractivity contribution is -0.105. The van der Waals surface area contributed by atoms with Crippen molar-refractivity contribution in [3.05, 3.63) is 84.2 Å². The first-order valence-electron chi connectivity index (χ1n) is 12.3. The first kappa shape index (κ1) is 27.4. The summed E-state index contributed by atoms with van der Waals surface area (Å²) in [6.07, 6.45) is 13.0. The highest BCUT2D eigenvalue weighted by Gasteiger charge is 2.07. The third-order valence-electron chi connectivity index (χ3n) is 5.14. The van der Waals surface area contributed by atoms with E-state index in [1.165, 1.54) is 22.9 Å². The standard InChI is InChI=1S/C17H17N5OS.C9H9N.C3H8/c1-2-19-17-20-9-16(24-17)13-4-6-15(22-11-23)12(7-13)3-5-14-8-18-10-21-14;1-7-6-10-9-5-3-2-4-8(7)9;1-3-2/h3-11H,2H2,1H3,(H,18,21)(H,19,20)(H,22,23);2-6,10H,1H3;3H2,1-2H3/b5-3+;;. The smallest absolute Gasteiger partial charge is 0.211 e. The molecule has 0 spiro atoms. The normalized spacial score (nSPS) is 10.4. The highest BCUT2D eigenvalue weighted by molar-refractivity contribution is 7.18. The number of carbonyl (C=O) groups excluding carboxylic acids is 1. The van der Waals surface area contributed by atoms with Crippen molar-refractivity contribution in [2.75, 3.05) is 17.2 Å². The van der Waals surface area contributed by atoms with Gasteiger partial charge in [0.2, 0.25) is 6.41 Å². The lowest BCUT2D eigenvalue weighted by Gasteiger charge is -2.07. The topological polar surface area (TPSA) is 98.5 Å². The fourth-order valence-corrected chi connectivity index (χ4v) is 4.32. The van der Waals surface area contributed by atoms with Crippen molar-refractivity contribution in [2.45, 2.75) is 34.1 Å². The molecule has 0 radical (unpaired) electrons. The fourth-order valence-electron chi connectivity index (χ4n) is 3.44. The third kappa shape index (κ3) is 7.91. The number of para-hydroxylation sites is 1. The molecule has 0 aliphatic carbocycles. The number of H-pyrrole nitrogens is 2. The third-order valence-corrected chi connectivity index (χ3v) is 6.15. The van der Waals surface area contributed by atoms with Crippen LogP contribution in [0.3, 0.4) is 0 Å². The number of hydrogen-bond acceptors (Lipinski definition) is 5. The Morgan fingerprint density at radius 2 is 1.84 bits per heavy atom. The van der Waals surface area contributed by atoms with E-state index in [0.29, 0.717) is 6.41 Å². The van der Waals surface area contributed by atoms with Gasteiger partial charge >= 0.3 is 0 Å². The van der Waals surface area contributed by atoms with Crippen LogP contribution in [0.4, 0.5) is 10.8 Å². The van der Waals surface area contributed by atoms with Crippen molar-refractivity contribution in [3.63, 3.8) is 0 Å². The van der Waals surface area contributed by atoms with Gasteiger partial charge in [-0.2, -0.15) is 0 Å². The van der Waals surface area contributed by atoms with Gasteiger partial charge < -0.3 is 20.6 Å². The zero-order chi connectivity index (χ0) is 26.5. The molecular formula is C29H34N6OS. The number of nitrogens with one attached hydrogen (secondary N) is 4. The van der Waals surface area contributed by atoms with Crippen LogP contribution in [0.5, 0.6) is 0 Å². The van der Waals surface area contributed by atoms with Crippen LogP contribution in [0.25, 0.3) is 33.5 Å². The molecule has 0 aliphatic heterocycles. The molecule has 192 valence electrons. The van der Waals surface area contributed by atoms with Crippen molar-refractivity contribution in [1.29, 1.82) is 0 Å². The van der Waals surface area contributed by atoms with E-state index in [0.717, 1.165) is 39.1 Å². The van der Waals surface area contributed by atoms with Gasteiger partial charge in [0.05, 0.1) is 23.1 Å². The van der Waals surface area contributed by atoms with E-state index in [-0.39, 0.29) is 0 Å². The first-order valence-corrected chi connectivity index (χ1v) is 13.1. The van der Waals surface area contributed by atoms with Crippen LogP contribution in [-0.2, 0) is 4.79 Å². The Balaban J connectivity index is 0.000000240. The lowest BCUT2D eigenvalue weighted by Crippen LogP contribution is -1.96. The Hall–Kier alpha value is -4.17. The van der Waals surface area contributed by atoms with Gasteiger partial charge in [0.25, 0.3) is 0 Å². The van der Waals surface area contributed by atoms with Crippen LogP contribution in [-0.4, -0.2) is 32.9 Å². The van der Waals surface area contributed by atoms with Gasteiger partial charge in [-0.15, -0.1) is 0 Å². The van der Waals surface area contributed by atoms with E-state index in [1.807, 2.05) is 55.7 Å². The number of amides is 1. The molecule has 0 saturated carbocycles. The van der Waals surface area contributed by atoms with Gasteiger partial charge in [0.15, 0.2) is 5.13 Å². The maximum atomic E-state index is 10.8. The van der Waals surface area contributed by atoms with E-state index >= 15 is 0 Å². The van der Waals surface area contributed by atoms with Crippen LogP contribution < -0.4 is 10.6 Å². The Kier molecular flexibility index (Phi) is 10.7. The number of anilines is 2. The van der Waals surface area contributed by atoms with Gasteiger partial charge in [-0.25, -0.2) is 9.97 Å². The summed E-state index contributed by atoms with van der Waals surface area (Å²) in [5, 5.41) is 8.16. The molecule has 0 aliphatic rings. The minimum Gasteiger partial charge on any atom is -0.362 e. The molecule has 0 atom stereocenters. The van der Waals surface area contributed by atoms with Crippen LogP contribution in [0.1, 0.15) is 44.0 Å². The molecular weight excluding hydrogens is 480 g/mol. The summed E-state index contributed by atoms with van der Waals surface area (Å²) in [6.45, 7) is 9.24. The number of thiazole rings is 1. The Morgan fingerprint density at radius 3 is 2.54 bits per heavy atom. The van der Waals surface area contributed by atoms with E-state index in [4.69, 9.17) is 0 Å². The molecule has 5 aromatic rings. The van der Waals surface area contributed by atoms with Gasteiger partial charge in [-0.3, -0.25) is 4.79 Å². The second-order valence-corrected chi connectivity index (χ2v) is 9.22. The summed E-state index contributed by atoms with van der Waals surface area (Å²) in [7, 11) is 0. The number of fused-ring (bicyclic) bond motifs is 1. The second-order valence-electron chi connectivity index (χ2n) is 8.19. The van der Waals surface area contributed by atoms with Crippen molar-refractivity contribution in [3.8, 4) is 10.4 Å². The van der Waals surface area contributed by atoms with Crippen LogP contribution in [0.15, 0.2) is 67.4 Å². The number of rotatable bonds is 7. The zero-order valence-electron chi connectivity index (χ0n) is 21.7. The predicted molar refractivity (Wildman–Crippen MR) is 158 cm³/mol. The fraction of sp³-hybridized carbons (Fsp3) is 0.207. The average Bonchev–Trinajstić information content (AvgIpc) is 3.67. The molecule has 4 N–H and O–H groups in total. The predicted octanol–water partition coefficient (Wildman–Crippen LogP) is 7.60. The largest absolute Gasteiger partial charge is 0.362 e. The van der Waals surface area contributed by atoms with Crippen molar-refractivity contribution >= 4 is 51.6 Å². The van der Waals surface area contributed by atoms with Crippen LogP contribution in [0.2, 0.25) is 0 Å². The molecule has 0 saturated heterocycles. The molecule has 7 nitrogen and oxygen atoms in total. The summed E-state index contributed by atoms with van der Waals surface area (Å²) in [5.74, 6) is 0. The van der Waals surface area contributed by atoms with Gasteiger partial charge in [-0.05, 0) is 54.8 Å². The molecule has 0 bridgehead atoms. The summed E-state index contributed by atoms with van der Waals surface area (Å²) < 4.78 is 0. The van der Waals surface area contributed by atoms with Crippen LogP contribution in [0, 0.1) is 6.92 Å². The number of aromatic amines is 2. The quantitative estimate of drug-likeness (QED) is 0.168. The summed E-state index contributed by atoms with van der Waals surface area (Å²) in [6, 6.07) is 14.2. The molecule has 1 amide bonds. The second kappa shape index (κ2) is 14.4. The number of hydrogen-bond donors (Lipinski definition) is 4. The summed E-state index contributed by atoms with van der Waals surface area (Å²) in [4.78, 5) is 26.4. The number of aromatic nitrogens is 4. The highest BCUT2D eigenvalue weighted by atomic mass is 32.1. The SMILES string of the molecule is CCC.CCNc1ncc(-c2ccc(NC=O)c(/C=C/c3cnc[nH]3)c2)s1.Cc1c[nH]c2ccccc12. The lowest BCUT2D eigenvalue weighted by atomic mass is 10.1. The summed E-state index contributed by atoms with van der Waals surface area (Å²) in [5.41, 5.74) is 6.14. The van der Waals surface area contributed by atoms with Crippen LogP contribution >= 0.6 is 11.3 Å². The van der Waals surface area contributed by atoms with E-state index in [2.05, 4.69) is 69.5 Å². The van der Waals surface area contributed by atoms with Crippen molar-refractivity contribution in [2.24, 2.45) is 0 Å². The molecule has 3 heterocycles. The molecule has 37 heavy (non-hydrogen) atoms. The van der Waals surface area contributed by atoms with Gasteiger partial charge in [0, 0.05) is 35.5 Å². The Morgan fingerprint density at radius 1 is 1.03 bits per heavy atom. The maximum absolute atomic E-state index is 10.8. The number of carbonyl (C=O) groups is 1.